The van der Waals surface area contributed by atoms with Crippen molar-refractivity contribution >= 4 is 28.9 Å². The summed E-state index contributed by atoms with van der Waals surface area (Å²) in [6.45, 7) is 9.54. The molecule has 0 spiro atoms. The van der Waals surface area contributed by atoms with Crippen LogP contribution in [0, 0.1) is 17.5 Å². The molecule has 35 heavy (non-hydrogen) atoms. The molecular weight excluding hydrogens is 459 g/mol. The van der Waals surface area contributed by atoms with Crippen molar-refractivity contribution in [1.29, 1.82) is 0 Å². The number of fused-ring (bicyclic) bond motifs is 1. The number of nitrogens with zero attached hydrogens (tertiary/aromatic N) is 3. The van der Waals surface area contributed by atoms with Crippen LogP contribution >= 0.6 is 0 Å². The van der Waals surface area contributed by atoms with Gasteiger partial charge in [-0.25, -0.2) is 23.1 Å². The van der Waals surface area contributed by atoms with Gasteiger partial charge in [-0.3, -0.25) is 4.79 Å². The van der Waals surface area contributed by atoms with Crippen LogP contribution in [0.2, 0.25) is 0 Å². The maximum Gasteiger partial charge on any atom is 0.227 e. The normalized spacial score (nSPS) is 14.4. The van der Waals surface area contributed by atoms with Crippen molar-refractivity contribution in [2.75, 3.05) is 22.1 Å². The number of amides is 1. The summed E-state index contributed by atoms with van der Waals surface area (Å²) in [6, 6.07) is 6.91. The van der Waals surface area contributed by atoms with Crippen molar-refractivity contribution in [3.05, 3.63) is 54.0 Å². The van der Waals surface area contributed by atoms with Crippen LogP contribution in [0.15, 0.2) is 36.5 Å². The van der Waals surface area contributed by atoms with Gasteiger partial charge in [0.05, 0.1) is 24.1 Å². The molecule has 0 bridgehead atoms. The van der Waals surface area contributed by atoms with Gasteiger partial charge in [-0.2, -0.15) is 0 Å². The number of hydrogen-bond acceptors (Lipinski definition) is 6. The van der Waals surface area contributed by atoms with E-state index in [1.807, 2.05) is 32.6 Å². The summed E-state index contributed by atoms with van der Waals surface area (Å²) in [5, 5.41) is 5.18. The smallest absolute Gasteiger partial charge is 0.227 e. The molecule has 3 aromatic rings. The molecule has 2 aromatic carbocycles. The zero-order valence-corrected chi connectivity index (χ0v) is 20.0. The molecule has 0 fully saturated rings. The summed E-state index contributed by atoms with van der Waals surface area (Å²) < 4.78 is 50.1. The molecule has 184 valence electrons. The first-order valence-corrected chi connectivity index (χ1v) is 11.1. The fraction of sp³-hybridized carbons (Fsp3) is 0.320. The SMILES string of the molecule is CC(=O)Nc1ccc(Nc2ncc(F)c(-c3cc(F)c4c(c3)N(C(C)C)CC(C)(C)O4)n2)cc1F. The van der Waals surface area contributed by atoms with Crippen LogP contribution in [-0.4, -0.2) is 34.1 Å². The van der Waals surface area contributed by atoms with Crippen molar-refractivity contribution in [1.82, 2.24) is 9.97 Å². The Morgan fingerprint density at radius 3 is 2.51 bits per heavy atom. The summed E-state index contributed by atoms with van der Waals surface area (Å²) in [6.07, 6.45) is 0.962. The lowest BCUT2D eigenvalue weighted by molar-refractivity contribution is -0.114. The van der Waals surface area contributed by atoms with Crippen LogP contribution in [0.4, 0.5) is 36.2 Å². The van der Waals surface area contributed by atoms with E-state index in [0.717, 1.165) is 12.3 Å². The molecule has 0 radical (unpaired) electrons. The number of hydrogen-bond donors (Lipinski definition) is 2. The van der Waals surface area contributed by atoms with Crippen LogP contribution in [0.3, 0.4) is 0 Å². The highest BCUT2D eigenvalue weighted by Crippen LogP contribution is 2.43. The Labute approximate surface area is 201 Å². The maximum absolute atomic E-state index is 15.1. The number of ether oxygens (including phenoxy) is 1. The number of nitrogens with one attached hydrogen (secondary N) is 2. The van der Waals surface area contributed by atoms with Gasteiger partial charge in [0, 0.05) is 24.2 Å². The molecule has 0 saturated heterocycles. The number of carbonyl (C=O) groups excluding carboxylic acids is 1. The van der Waals surface area contributed by atoms with Gasteiger partial charge in [-0.15, -0.1) is 0 Å². The largest absolute Gasteiger partial charge is 0.481 e. The number of aromatic nitrogens is 2. The van der Waals surface area contributed by atoms with E-state index in [2.05, 4.69) is 20.6 Å². The highest BCUT2D eigenvalue weighted by Gasteiger charge is 2.35. The van der Waals surface area contributed by atoms with Crippen molar-refractivity contribution < 1.29 is 22.7 Å². The molecule has 0 unspecified atom stereocenters. The second kappa shape index (κ2) is 9.09. The van der Waals surface area contributed by atoms with Crippen LogP contribution in [0.5, 0.6) is 5.75 Å². The topological polar surface area (TPSA) is 79.4 Å². The fourth-order valence-corrected chi connectivity index (χ4v) is 3.94. The Morgan fingerprint density at radius 2 is 1.86 bits per heavy atom. The predicted octanol–water partition coefficient (Wildman–Crippen LogP) is 5.65. The molecule has 10 heteroatoms. The quantitative estimate of drug-likeness (QED) is 0.486. The molecule has 0 aliphatic carbocycles. The molecule has 2 N–H and O–H groups in total. The second-order valence-corrected chi connectivity index (χ2v) is 9.28. The van der Waals surface area contributed by atoms with E-state index in [4.69, 9.17) is 4.74 Å². The Balaban J connectivity index is 1.69. The minimum atomic E-state index is -0.741. The van der Waals surface area contributed by atoms with E-state index in [1.54, 1.807) is 6.07 Å². The average Bonchev–Trinajstić information content (AvgIpc) is 2.76. The number of benzene rings is 2. The third-order valence-corrected chi connectivity index (χ3v) is 5.44. The summed E-state index contributed by atoms with van der Waals surface area (Å²) in [4.78, 5) is 21.3. The van der Waals surface area contributed by atoms with Gasteiger partial charge in [0.25, 0.3) is 0 Å². The van der Waals surface area contributed by atoms with Crippen molar-refractivity contribution in [2.45, 2.75) is 46.3 Å². The monoisotopic (exact) mass is 485 g/mol. The van der Waals surface area contributed by atoms with Crippen molar-refractivity contribution in [2.24, 2.45) is 0 Å². The third-order valence-electron chi connectivity index (χ3n) is 5.44. The summed E-state index contributed by atoms with van der Waals surface area (Å²) in [5.41, 5.74) is 0.318. The molecule has 7 nitrogen and oxygen atoms in total. The summed E-state index contributed by atoms with van der Waals surface area (Å²) in [7, 11) is 0. The van der Waals surface area contributed by atoms with Crippen molar-refractivity contribution in [3.8, 4) is 17.0 Å². The number of halogens is 3. The third kappa shape index (κ3) is 5.16. The highest BCUT2D eigenvalue weighted by atomic mass is 19.1. The first-order chi connectivity index (χ1) is 16.4. The van der Waals surface area contributed by atoms with Crippen molar-refractivity contribution in [3.63, 3.8) is 0 Å². The van der Waals surface area contributed by atoms with Gasteiger partial charge in [0.2, 0.25) is 11.9 Å². The van der Waals surface area contributed by atoms with Gasteiger partial charge < -0.3 is 20.3 Å². The van der Waals surface area contributed by atoms with E-state index in [9.17, 15) is 13.6 Å². The lowest BCUT2D eigenvalue weighted by Gasteiger charge is -2.43. The van der Waals surface area contributed by atoms with Crippen LogP contribution in [0.25, 0.3) is 11.3 Å². The van der Waals surface area contributed by atoms with E-state index in [-0.39, 0.29) is 40.4 Å². The Morgan fingerprint density at radius 1 is 1.11 bits per heavy atom. The number of anilines is 4. The standard InChI is InChI=1S/C25H26F3N5O2/c1-13(2)33-12-25(4,5)35-23-18(27)8-15(9-21(23)33)22-19(28)11-29-24(32-22)31-16-6-7-20(17(26)10-16)30-14(3)34/h6-11,13H,12H2,1-5H3,(H,30,34)(H,29,31,32). The summed E-state index contributed by atoms with van der Waals surface area (Å²) in [5.74, 6) is -2.33. The van der Waals surface area contributed by atoms with Crippen LogP contribution in [-0.2, 0) is 4.79 Å². The van der Waals surface area contributed by atoms with Crippen LogP contribution in [0.1, 0.15) is 34.6 Å². The molecule has 1 aliphatic heterocycles. The molecule has 2 heterocycles. The molecular formula is C25H26F3N5O2. The number of carbonyl (C=O) groups is 1. The first kappa shape index (κ1) is 24.3. The van der Waals surface area contributed by atoms with Gasteiger partial charge in [-0.1, -0.05) is 0 Å². The second-order valence-electron chi connectivity index (χ2n) is 9.28. The zero-order valence-electron chi connectivity index (χ0n) is 20.0. The Bertz CT molecular complexity index is 1300. The van der Waals surface area contributed by atoms with Gasteiger partial charge in [0.1, 0.15) is 17.1 Å². The lowest BCUT2D eigenvalue weighted by Crippen LogP contribution is -2.49. The first-order valence-electron chi connectivity index (χ1n) is 11.1. The molecule has 0 saturated carbocycles. The van der Waals surface area contributed by atoms with E-state index in [0.29, 0.717) is 12.2 Å². The highest BCUT2D eigenvalue weighted by molar-refractivity contribution is 5.89. The zero-order chi connectivity index (χ0) is 25.5. The maximum atomic E-state index is 15.1. The van der Waals surface area contributed by atoms with E-state index < -0.39 is 29.0 Å². The van der Waals surface area contributed by atoms with E-state index in [1.165, 1.54) is 25.1 Å². The molecule has 1 amide bonds. The Hall–Kier alpha value is -3.82. The minimum absolute atomic E-state index is 0.00990. The summed E-state index contributed by atoms with van der Waals surface area (Å²) >= 11 is 0. The molecule has 1 aliphatic rings. The number of rotatable bonds is 5. The van der Waals surface area contributed by atoms with E-state index >= 15 is 4.39 Å². The predicted molar refractivity (Wildman–Crippen MR) is 129 cm³/mol. The molecule has 1 aromatic heterocycles. The van der Waals surface area contributed by atoms with Gasteiger partial charge >= 0.3 is 0 Å². The Kier molecular flexibility index (Phi) is 6.31. The minimum Gasteiger partial charge on any atom is -0.481 e. The molecule has 0 atom stereocenters. The molecule has 4 rings (SSSR count). The average molecular weight is 486 g/mol. The van der Waals surface area contributed by atoms with Gasteiger partial charge in [0.15, 0.2) is 17.4 Å². The lowest BCUT2D eigenvalue weighted by atomic mass is 10.0. The van der Waals surface area contributed by atoms with Crippen LogP contribution < -0.4 is 20.3 Å². The fourth-order valence-electron chi connectivity index (χ4n) is 3.94. The van der Waals surface area contributed by atoms with Gasteiger partial charge in [-0.05, 0) is 58.0 Å².